The number of anilines is 1. The first-order valence-electron chi connectivity index (χ1n) is 8.92. The third-order valence-corrected chi connectivity index (χ3v) is 5.90. The monoisotopic (exact) mass is 447 g/mol. The number of carbonyl (C=O) groups is 1. The van der Waals surface area contributed by atoms with Crippen molar-refractivity contribution in [2.45, 2.75) is 24.7 Å². The summed E-state index contributed by atoms with van der Waals surface area (Å²) in [6, 6.07) is 12.4. The number of rotatable bonds is 3. The summed E-state index contributed by atoms with van der Waals surface area (Å²) in [5.74, 6) is -0.112. The third kappa shape index (κ3) is 3.33. The normalized spacial score (nSPS) is 15.0. The zero-order chi connectivity index (χ0) is 20.7. The molecule has 1 aromatic heterocycles. The van der Waals surface area contributed by atoms with Gasteiger partial charge in [0.1, 0.15) is 0 Å². The fourth-order valence-corrected chi connectivity index (χ4v) is 4.37. The smallest absolute Gasteiger partial charge is 0.291 e. The van der Waals surface area contributed by atoms with Gasteiger partial charge in [0, 0.05) is 16.5 Å². The van der Waals surface area contributed by atoms with Crippen LogP contribution in [-0.4, -0.2) is 22.2 Å². The number of para-hydroxylation sites is 1. The molecule has 1 unspecified atom stereocenters. The van der Waals surface area contributed by atoms with E-state index in [4.69, 9.17) is 23.2 Å². The van der Waals surface area contributed by atoms with E-state index >= 15 is 0 Å². The van der Waals surface area contributed by atoms with Crippen LogP contribution in [0.1, 0.15) is 25.1 Å². The minimum Gasteiger partial charge on any atom is -0.291 e. The highest BCUT2D eigenvalue weighted by molar-refractivity contribution is 7.98. The number of halogens is 2. The van der Waals surface area contributed by atoms with Gasteiger partial charge in [-0.15, -0.1) is 0 Å². The van der Waals surface area contributed by atoms with Gasteiger partial charge in [0.15, 0.2) is 0 Å². The number of benzene rings is 2. The van der Waals surface area contributed by atoms with Crippen LogP contribution in [-0.2, 0) is 4.79 Å². The van der Waals surface area contributed by atoms with Gasteiger partial charge in [0.25, 0.3) is 6.17 Å². The van der Waals surface area contributed by atoms with Crippen molar-refractivity contribution in [3.8, 4) is 11.3 Å². The molecule has 9 heteroatoms. The number of aromatic nitrogens is 3. The van der Waals surface area contributed by atoms with E-state index in [2.05, 4.69) is 10.1 Å². The van der Waals surface area contributed by atoms with Crippen LogP contribution in [0.4, 0.5) is 5.69 Å². The standard InChI is InChI=1S/C20H16Cl2N4O2S/c1-3-16(27)25-15-7-5-4-6-13(15)17-18(28)23-20(29-2)24-26(17)19(25)12-9-8-11(21)10-14(12)22/h4-10,19H,3H2,1-2H3/p+1. The average Bonchev–Trinajstić information content (AvgIpc) is 2.72. The second-order valence-electron chi connectivity index (χ2n) is 6.43. The second-order valence-corrected chi connectivity index (χ2v) is 8.07. The van der Waals surface area contributed by atoms with E-state index in [1.807, 2.05) is 30.5 Å². The molecule has 0 radical (unpaired) electrons. The summed E-state index contributed by atoms with van der Waals surface area (Å²) in [7, 11) is 0. The Kier molecular flexibility index (Phi) is 5.38. The molecule has 0 fully saturated rings. The Morgan fingerprint density at radius 2 is 2.03 bits per heavy atom. The molecule has 1 aliphatic rings. The van der Waals surface area contributed by atoms with E-state index in [9.17, 15) is 9.59 Å². The maximum atomic E-state index is 13.1. The molecule has 1 amide bonds. The molecule has 4 rings (SSSR count). The minimum atomic E-state index is -0.717. The maximum Gasteiger partial charge on any atom is 0.325 e. The van der Waals surface area contributed by atoms with E-state index in [1.165, 1.54) is 11.8 Å². The Hall–Kier alpha value is -2.35. The second kappa shape index (κ2) is 7.82. The van der Waals surface area contributed by atoms with Crippen molar-refractivity contribution in [3.63, 3.8) is 0 Å². The number of fused-ring (bicyclic) bond motifs is 3. The van der Waals surface area contributed by atoms with E-state index in [0.29, 0.717) is 37.7 Å². The lowest BCUT2D eigenvalue weighted by Gasteiger charge is -2.32. The molecule has 1 aliphatic heterocycles. The zero-order valence-electron chi connectivity index (χ0n) is 15.6. The first-order valence-corrected chi connectivity index (χ1v) is 10.9. The fourth-order valence-electron chi connectivity index (χ4n) is 3.50. The number of thioether (sulfide) groups is 1. The first-order chi connectivity index (χ1) is 14.0. The van der Waals surface area contributed by atoms with Gasteiger partial charge in [0.2, 0.25) is 11.1 Å². The SMILES string of the molecule is CCC(=O)N1c2ccccc2-c2c(=O)[nH]c(SC)n[n+]2C1c1ccc(Cl)cc1Cl. The molecular weight excluding hydrogens is 431 g/mol. The lowest BCUT2D eigenvalue weighted by molar-refractivity contribution is -0.763. The Bertz CT molecular complexity index is 1180. The zero-order valence-corrected chi connectivity index (χ0v) is 18.0. The molecule has 148 valence electrons. The van der Waals surface area contributed by atoms with Crippen LogP contribution in [0.5, 0.6) is 0 Å². The van der Waals surface area contributed by atoms with Gasteiger partial charge in [-0.1, -0.05) is 54.0 Å². The van der Waals surface area contributed by atoms with Gasteiger partial charge in [-0.05, 0) is 41.3 Å². The number of H-pyrrole nitrogens is 1. The molecule has 0 bridgehead atoms. The molecule has 0 saturated heterocycles. The van der Waals surface area contributed by atoms with Crippen LogP contribution in [0.25, 0.3) is 11.3 Å². The number of hydrogen-bond acceptors (Lipinski definition) is 4. The Labute approximate surface area is 181 Å². The molecule has 1 N–H and O–H groups in total. The van der Waals surface area contributed by atoms with Crippen LogP contribution in [0.3, 0.4) is 0 Å². The predicted octanol–water partition coefficient (Wildman–Crippen LogP) is 4.06. The van der Waals surface area contributed by atoms with Crippen LogP contribution >= 0.6 is 35.0 Å². The molecule has 2 heterocycles. The quantitative estimate of drug-likeness (QED) is 0.485. The molecule has 29 heavy (non-hydrogen) atoms. The predicted molar refractivity (Wildman–Crippen MR) is 115 cm³/mol. The van der Waals surface area contributed by atoms with E-state index in [-0.39, 0.29) is 17.9 Å². The summed E-state index contributed by atoms with van der Waals surface area (Å²) >= 11 is 13.9. The summed E-state index contributed by atoms with van der Waals surface area (Å²) in [4.78, 5) is 30.5. The highest BCUT2D eigenvalue weighted by atomic mass is 35.5. The Morgan fingerprint density at radius 3 is 2.72 bits per heavy atom. The van der Waals surface area contributed by atoms with Crippen molar-refractivity contribution in [1.82, 2.24) is 10.1 Å². The summed E-state index contributed by atoms with van der Waals surface area (Å²) in [5, 5.41) is 5.93. The van der Waals surface area contributed by atoms with Gasteiger partial charge in [-0.25, -0.2) is 4.90 Å². The molecular formula is C20H17Cl2N4O2S+. The van der Waals surface area contributed by atoms with Crippen LogP contribution < -0.4 is 15.1 Å². The molecule has 0 saturated carbocycles. The van der Waals surface area contributed by atoms with Crippen molar-refractivity contribution >= 4 is 46.6 Å². The summed E-state index contributed by atoms with van der Waals surface area (Å²) in [5.41, 5.74) is 1.99. The first kappa shape index (κ1) is 19.9. The molecule has 1 atom stereocenters. The third-order valence-electron chi connectivity index (χ3n) is 4.76. The van der Waals surface area contributed by atoms with E-state index < -0.39 is 6.17 Å². The van der Waals surface area contributed by atoms with Gasteiger partial charge >= 0.3 is 11.3 Å². The van der Waals surface area contributed by atoms with Crippen molar-refractivity contribution in [2.75, 3.05) is 11.2 Å². The largest absolute Gasteiger partial charge is 0.325 e. The average molecular weight is 448 g/mol. The lowest BCUT2D eigenvalue weighted by Crippen LogP contribution is -2.61. The fraction of sp³-hybridized carbons (Fsp3) is 0.200. The minimum absolute atomic E-state index is 0.112. The molecule has 3 aromatic rings. The molecule has 2 aromatic carbocycles. The molecule has 0 spiro atoms. The van der Waals surface area contributed by atoms with Gasteiger partial charge in [-0.3, -0.25) is 14.6 Å². The number of hydrogen-bond donors (Lipinski definition) is 1. The van der Waals surface area contributed by atoms with Crippen molar-refractivity contribution in [2.24, 2.45) is 0 Å². The lowest BCUT2D eigenvalue weighted by atomic mass is 10.0. The number of aromatic amines is 1. The number of nitrogens with one attached hydrogen (secondary N) is 1. The number of amides is 1. The van der Waals surface area contributed by atoms with E-state index in [0.717, 1.165) is 0 Å². The topological polar surface area (TPSA) is 69.9 Å². The summed E-state index contributed by atoms with van der Waals surface area (Å²) in [6.45, 7) is 1.80. The van der Waals surface area contributed by atoms with Crippen LogP contribution in [0, 0.1) is 0 Å². The molecule has 6 nitrogen and oxygen atoms in total. The maximum absolute atomic E-state index is 13.1. The van der Waals surface area contributed by atoms with Gasteiger partial charge in [-0.2, -0.15) is 0 Å². The van der Waals surface area contributed by atoms with Gasteiger partial charge < -0.3 is 0 Å². The van der Waals surface area contributed by atoms with Crippen molar-refractivity contribution < 1.29 is 9.48 Å². The highest BCUT2D eigenvalue weighted by Gasteiger charge is 2.46. The van der Waals surface area contributed by atoms with Crippen molar-refractivity contribution in [3.05, 3.63) is 68.4 Å². The summed E-state index contributed by atoms with van der Waals surface area (Å²) < 4.78 is 1.58. The highest BCUT2D eigenvalue weighted by Crippen LogP contribution is 2.39. The van der Waals surface area contributed by atoms with Crippen LogP contribution in [0.15, 0.2) is 52.4 Å². The Balaban J connectivity index is 2.11. The van der Waals surface area contributed by atoms with Crippen molar-refractivity contribution in [1.29, 1.82) is 0 Å². The van der Waals surface area contributed by atoms with E-state index in [1.54, 1.807) is 34.7 Å². The number of nitrogens with zero attached hydrogens (tertiary/aromatic N) is 3. The Morgan fingerprint density at radius 1 is 1.28 bits per heavy atom. The van der Waals surface area contributed by atoms with Crippen LogP contribution in [0.2, 0.25) is 10.0 Å². The van der Waals surface area contributed by atoms with Gasteiger partial charge in [0.05, 0.1) is 21.8 Å². The molecule has 0 aliphatic carbocycles. The number of carbonyl (C=O) groups excluding carboxylic acids is 1. The summed E-state index contributed by atoms with van der Waals surface area (Å²) in [6.07, 6.45) is 1.39.